The van der Waals surface area contributed by atoms with E-state index >= 15 is 0 Å². The maximum Gasteiger partial charge on any atom is 0.226 e. The van der Waals surface area contributed by atoms with Crippen molar-refractivity contribution in [2.24, 2.45) is 17.6 Å². The first-order chi connectivity index (χ1) is 12.5. The maximum atomic E-state index is 13.6. The van der Waals surface area contributed by atoms with Gasteiger partial charge < -0.3 is 26.8 Å². The van der Waals surface area contributed by atoms with Crippen LogP contribution in [0.5, 0.6) is 0 Å². The maximum absolute atomic E-state index is 13.6. The fourth-order valence-corrected chi connectivity index (χ4v) is 4.87. The van der Waals surface area contributed by atoms with Crippen molar-refractivity contribution in [1.82, 2.24) is 31.4 Å². The van der Waals surface area contributed by atoms with Gasteiger partial charge in [-0.3, -0.25) is 15.5 Å². The summed E-state index contributed by atoms with van der Waals surface area (Å²) in [5.74, 6) is -0.198. The average molecular weight is 369 g/mol. The van der Waals surface area contributed by atoms with Crippen molar-refractivity contribution in [2.45, 2.75) is 43.4 Å². The lowest BCUT2D eigenvalue weighted by molar-refractivity contribution is -0.128. The number of hydrogen-bond acceptors (Lipinski definition) is 7. The molecule has 7 unspecified atom stereocenters. The normalized spacial score (nSPS) is 44.8. The molecule has 10 heteroatoms. The second-order valence-corrected chi connectivity index (χ2v) is 7.85. The van der Waals surface area contributed by atoms with Gasteiger partial charge in [0.15, 0.2) is 0 Å². The molecule has 9 nitrogen and oxygen atoms in total. The Morgan fingerprint density at radius 3 is 2.92 bits per heavy atom. The van der Waals surface area contributed by atoms with Crippen LogP contribution >= 0.6 is 0 Å². The van der Waals surface area contributed by atoms with Crippen molar-refractivity contribution < 1.29 is 9.18 Å². The van der Waals surface area contributed by atoms with Crippen LogP contribution in [-0.2, 0) is 4.79 Å². The van der Waals surface area contributed by atoms with Gasteiger partial charge >= 0.3 is 0 Å². The lowest BCUT2D eigenvalue weighted by Crippen LogP contribution is -2.61. The van der Waals surface area contributed by atoms with Crippen molar-refractivity contribution in [1.29, 1.82) is 0 Å². The van der Waals surface area contributed by atoms with Crippen LogP contribution < -0.4 is 27.1 Å². The van der Waals surface area contributed by atoms with Crippen molar-refractivity contribution >= 4 is 5.91 Å². The Morgan fingerprint density at radius 2 is 2.15 bits per heavy atom. The zero-order valence-electron chi connectivity index (χ0n) is 15.2. The SMILES string of the molecule is CN1NCCC1C1CCNCC1NC(=O)C1C(N)[N-]N2CC(F)CNC12. The molecular weight excluding hydrogens is 339 g/mol. The van der Waals surface area contributed by atoms with Gasteiger partial charge in [0.1, 0.15) is 6.17 Å². The summed E-state index contributed by atoms with van der Waals surface area (Å²) in [6.45, 7) is 3.13. The van der Waals surface area contributed by atoms with Gasteiger partial charge in [0.2, 0.25) is 5.91 Å². The van der Waals surface area contributed by atoms with Crippen LogP contribution in [0.15, 0.2) is 0 Å². The van der Waals surface area contributed by atoms with Crippen LogP contribution in [0.25, 0.3) is 5.43 Å². The van der Waals surface area contributed by atoms with Crippen molar-refractivity contribution in [2.75, 3.05) is 39.8 Å². The molecule has 4 aliphatic heterocycles. The van der Waals surface area contributed by atoms with Gasteiger partial charge in [0.05, 0.1) is 12.1 Å². The molecule has 4 saturated heterocycles. The molecule has 4 rings (SSSR count). The van der Waals surface area contributed by atoms with Crippen LogP contribution in [0.3, 0.4) is 0 Å². The third-order valence-electron chi connectivity index (χ3n) is 6.20. The molecule has 0 radical (unpaired) electrons. The molecule has 0 aromatic rings. The summed E-state index contributed by atoms with van der Waals surface area (Å²) >= 11 is 0. The zero-order valence-corrected chi connectivity index (χ0v) is 15.2. The molecule has 0 aromatic heterocycles. The largest absolute Gasteiger partial charge is 0.578 e. The van der Waals surface area contributed by atoms with E-state index in [-0.39, 0.29) is 31.2 Å². The number of hydrazine groups is 1. The summed E-state index contributed by atoms with van der Waals surface area (Å²) in [6.07, 6.45) is 0.176. The highest BCUT2D eigenvalue weighted by Gasteiger charge is 2.42. The molecule has 0 aromatic carbocycles. The Labute approximate surface area is 153 Å². The fourth-order valence-electron chi connectivity index (χ4n) is 4.87. The molecule has 0 bridgehead atoms. The molecule has 0 aliphatic carbocycles. The molecule has 7 atom stereocenters. The minimum Gasteiger partial charge on any atom is -0.578 e. The predicted molar refractivity (Wildman–Crippen MR) is 95.3 cm³/mol. The minimum atomic E-state index is -0.985. The van der Waals surface area contributed by atoms with Crippen molar-refractivity contribution in [3.05, 3.63) is 5.43 Å². The molecule has 4 heterocycles. The summed E-state index contributed by atoms with van der Waals surface area (Å²) in [5, 5.41) is 13.5. The molecule has 4 aliphatic rings. The summed E-state index contributed by atoms with van der Waals surface area (Å²) in [4.78, 5) is 13.0. The highest BCUT2D eigenvalue weighted by molar-refractivity contribution is 5.81. The number of amides is 1. The highest BCUT2D eigenvalue weighted by Crippen LogP contribution is 2.32. The monoisotopic (exact) mass is 369 g/mol. The number of nitrogens with one attached hydrogen (secondary N) is 4. The van der Waals surface area contributed by atoms with E-state index < -0.39 is 18.3 Å². The number of halogens is 1. The lowest BCUT2D eigenvalue weighted by Gasteiger charge is -2.42. The van der Waals surface area contributed by atoms with Gasteiger partial charge in [0.25, 0.3) is 0 Å². The molecule has 0 spiro atoms. The van der Waals surface area contributed by atoms with Gasteiger partial charge in [-0.15, -0.1) is 0 Å². The number of alkyl halides is 1. The Hall–Kier alpha value is -0.880. The third kappa shape index (κ3) is 3.47. The molecule has 4 fully saturated rings. The molecule has 1 amide bonds. The topological polar surface area (TPSA) is 112 Å². The number of carbonyl (C=O) groups is 1. The van der Waals surface area contributed by atoms with Crippen LogP contribution in [0, 0.1) is 11.8 Å². The van der Waals surface area contributed by atoms with Gasteiger partial charge in [-0.1, -0.05) is 6.17 Å². The second-order valence-electron chi connectivity index (χ2n) is 7.85. The first kappa shape index (κ1) is 18.5. The van der Waals surface area contributed by atoms with E-state index in [0.29, 0.717) is 12.0 Å². The third-order valence-corrected chi connectivity index (χ3v) is 6.20. The molecule has 6 N–H and O–H groups in total. The highest BCUT2D eigenvalue weighted by atomic mass is 19.1. The quantitative estimate of drug-likeness (QED) is 0.394. The van der Waals surface area contributed by atoms with E-state index in [2.05, 4.69) is 38.9 Å². The Balaban J connectivity index is 1.42. The Bertz CT molecular complexity index is 524. The summed E-state index contributed by atoms with van der Waals surface area (Å²) in [5.41, 5.74) is 13.7. The average Bonchev–Trinajstić information content (AvgIpc) is 3.17. The standard InChI is InChI=1S/C16H30FN8O/c1-24-12(3-5-21-24)10-2-4-19-7-11(10)22-16(26)13-14(18)23-25-8-9(17)6-20-15(13)25/h9-15,19-21H,2-8,18H2,1H3,(H,22,26)/q-1. The van der Waals surface area contributed by atoms with Gasteiger partial charge in [-0.2, -0.15) is 0 Å². The lowest BCUT2D eigenvalue weighted by atomic mass is 9.84. The first-order valence-corrected chi connectivity index (χ1v) is 9.62. The summed E-state index contributed by atoms with van der Waals surface area (Å²) < 4.78 is 13.6. The van der Waals surface area contributed by atoms with E-state index in [9.17, 15) is 9.18 Å². The first-order valence-electron chi connectivity index (χ1n) is 9.62. The number of carbonyl (C=O) groups excluding carboxylic acids is 1. The minimum absolute atomic E-state index is 0.0577. The molecule has 0 saturated carbocycles. The Kier molecular flexibility index (Phi) is 5.42. The number of piperidine rings is 1. The molecular formula is C16H30FN8O-. The van der Waals surface area contributed by atoms with Crippen LogP contribution in [-0.4, -0.2) is 86.3 Å². The van der Waals surface area contributed by atoms with Crippen molar-refractivity contribution in [3.63, 3.8) is 0 Å². The van der Waals surface area contributed by atoms with Gasteiger partial charge in [0, 0.05) is 45.3 Å². The second kappa shape index (κ2) is 7.63. The predicted octanol–water partition coefficient (Wildman–Crippen LogP) is -1.94. The van der Waals surface area contributed by atoms with E-state index in [0.717, 1.165) is 32.5 Å². The summed E-state index contributed by atoms with van der Waals surface area (Å²) in [6, 6.07) is 0.475. The number of hydrogen-bond donors (Lipinski definition) is 5. The van der Waals surface area contributed by atoms with E-state index in [4.69, 9.17) is 5.73 Å². The van der Waals surface area contributed by atoms with E-state index in [1.165, 1.54) is 0 Å². The molecule has 26 heavy (non-hydrogen) atoms. The number of rotatable bonds is 3. The van der Waals surface area contributed by atoms with Crippen LogP contribution in [0.2, 0.25) is 0 Å². The van der Waals surface area contributed by atoms with Crippen LogP contribution in [0.4, 0.5) is 4.39 Å². The number of nitrogens with two attached hydrogens (primary N) is 1. The number of fused-ring (bicyclic) bond motifs is 1. The van der Waals surface area contributed by atoms with Crippen molar-refractivity contribution in [3.8, 4) is 0 Å². The smallest absolute Gasteiger partial charge is 0.226 e. The van der Waals surface area contributed by atoms with Crippen LogP contribution in [0.1, 0.15) is 12.8 Å². The van der Waals surface area contributed by atoms with E-state index in [1.54, 1.807) is 5.01 Å². The van der Waals surface area contributed by atoms with E-state index in [1.807, 2.05) is 0 Å². The summed E-state index contributed by atoms with van der Waals surface area (Å²) in [7, 11) is 2.07. The number of nitrogens with zero attached hydrogens (tertiary/aromatic N) is 3. The van der Waals surface area contributed by atoms with Gasteiger partial charge in [-0.25, -0.2) is 9.40 Å². The Morgan fingerprint density at radius 1 is 1.31 bits per heavy atom. The molecule has 148 valence electrons. The fraction of sp³-hybridized carbons (Fsp3) is 0.938. The zero-order chi connectivity index (χ0) is 18.3. The van der Waals surface area contributed by atoms with Gasteiger partial charge in [-0.05, 0) is 25.3 Å².